The summed E-state index contributed by atoms with van der Waals surface area (Å²) >= 11 is 1.25. The number of nitrogens with zero attached hydrogens (tertiary/aromatic N) is 2. The highest BCUT2D eigenvalue weighted by molar-refractivity contribution is 7.22. The standard InChI is InChI=1S/C27H25N3O6S/c1-34-10-11-35-21-8-4-18(5-9-21)25(36-22-6-2-17(14-28)3-7-22)26(33)30-27-29-23-12-19(15-31)20(16-32)13-24(23)37-27/h2-9,12-13,25,31-32H,10-11,15-16H2,1H3,(H,29,30,33). The van der Waals surface area contributed by atoms with Gasteiger partial charge >= 0.3 is 0 Å². The van der Waals surface area contributed by atoms with Crippen molar-refractivity contribution in [3.8, 4) is 17.6 Å². The maximum absolute atomic E-state index is 13.4. The highest BCUT2D eigenvalue weighted by Crippen LogP contribution is 2.31. The van der Waals surface area contributed by atoms with Crippen LogP contribution >= 0.6 is 11.3 Å². The van der Waals surface area contributed by atoms with Crippen molar-refractivity contribution in [2.75, 3.05) is 25.6 Å². The molecule has 1 unspecified atom stereocenters. The van der Waals surface area contributed by atoms with Gasteiger partial charge in [-0.25, -0.2) is 4.98 Å². The summed E-state index contributed by atoms with van der Waals surface area (Å²) in [5.74, 6) is 0.606. The van der Waals surface area contributed by atoms with E-state index in [1.807, 2.05) is 0 Å². The summed E-state index contributed by atoms with van der Waals surface area (Å²) in [7, 11) is 1.60. The topological polar surface area (TPSA) is 134 Å². The molecule has 0 fully saturated rings. The first-order valence-corrected chi connectivity index (χ1v) is 12.2. The second-order valence-electron chi connectivity index (χ2n) is 7.96. The van der Waals surface area contributed by atoms with Crippen LogP contribution in [0.25, 0.3) is 10.2 Å². The van der Waals surface area contributed by atoms with Gasteiger partial charge in [0.1, 0.15) is 18.1 Å². The number of aliphatic hydroxyl groups is 2. The first kappa shape index (κ1) is 26.1. The Hall–Kier alpha value is -4.01. The van der Waals surface area contributed by atoms with Gasteiger partial charge < -0.3 is 24.4 Å². The van der Waals surface area contributed by atoms with Gasteiger partial charge in [0.15, 0.2) is 5.13 Å². The van der Waals surface area contributed by atoms with Gasteiger partial charge in [0.2, 0.25) is 6.10 Å². The first-order chi connectivity index (χ1) is 18.0. The van der Waals surface area contributed by atoms with Crippen molar-refractivity contribution in [3.63, 3.8) is 0 Å². The molecule has 1 atom stereocenters. The number of amides is 1. The number of ether oxygens (including phenoxy) is 3. The molecule has 0 spiro atoms. The Kier molecular flexibility index (Phi) is 8.66. The highest BCUT2D eigenvalue weighted by atomic mass is 32.1. The monoisotopic (exact) mass is 519 g/mol. The molecule has 1 heterocycles. The molecule has 10 heteroatoms. The molecule has 0 radical (unpaired) electrons. The van der Waals surface area contributed by atoms with Crippen LogP contribution < -0.4 is 14.8 Å². The van der Waals surface area contributed by atoms with Crippen LogP contribution in [-0.2, 0) is 22.7 Å². The Morgan fingerprint density at radius 1 is 1.03 bits per heavy atom. The Balaban J connectivity index is 1.59. The van der Waals surface area contributed by atoms with Crippen LogP contribution in [0.4, 0.5) is 5.13 Å². The number of nitriles is 1. The van der Waals surface area contributed by atoms with E-state index in [4.69, 9.17) is 19.5 Å². The Morgan fingerprint density at radius 3 is 2.35 bits per heavy atom. The van der Waals surface area contributed by atoms with E-state index in [1.54, 1.807) is 67.8 Å². The number of nitrogens with one attached hydrogen (secondary N) is 1. The zero-order valence-electron chi connectivity index (χ0n) is 20.0. The van der Waals surface area contributed by atoms with Gasteiger partial charge in [-0.2, -0.15) is 5.26 Å². The molecule has 3 aromatic carbocycles. The zero-order chi connectivity index (χ0) is 26.2. The van der Waals surface area contributed by atoms with Gasteiger partial charge in [-0.3, -0.25) is 10.1 Å². The van der Waals surface area contributed by atoms with Gasteiger partial charge in [-0.1, -0.05) is 23.5 Å². The summed E-state index contributed by atoms with van der Waals surface area (Å²) in [4.78, 5) is 17.9. The number of fused-ring (bicyclic) bond motifs is 1. The Bertz CT molecular complexity index is 1360. The summed E-state index contributed by atoms with van der Waals surface area (Å²) < 4.78 is 17.4. The number of methoxy groups -OCH3 is 1. The minimum Gasteiger partial charge on any atom is -0.491 e. The van der Waals surface area contributed by atoms with Crippen LogP contribution in [0.15, 0.2) is 60.7 Å². The second-order valence-corrected chi connectivity index (χ2v) is 8.99. The van der Waals surface area contributed by atoms with E-state index in [-0.39, 0.29) is 13.2 Å². The van der Waals surface area contributed by atoms with Crippen molar-refractivity contribution in [1.82, 2.24) is 4.98 Å². The van der Waals surface area contributed by atoms with Crippen molar-refractivity contribution < 1.29 is 29.2 Å². The number of hydrogen-bond donors (Lipinski definition) is 3. The lowest BCUT2D eigenvalue weighted by Crippen LogP contribution is -2.25. The van der Waals surface area contributed by atoms with Gasteiger partial charge in [0.25, 0.3) is 5.91 Å². The SMILES string of the molecule is COCCOc1ccc(C(Oc2ccc(C#N)cc2)C(=O)Nc2nc3cc(CO)c(CO)cc3s2)cc1. The average Bonchev–Trinajstić information content (AvgIpc) is 3.32. The molecule has 4 aromatic rings. The van der Waals surface area contributed by atoms with E-state index in [0.29, 0.717) is 57.6 Å². The molecular weight excluding hydrogens is 494 g/mol. The van der Waals surface area contributed by atoms with Gasteiger partial charge in [0, 0.05) is 12.7 Å². The predicted octanol–water partition coefficient (Wildman–Crippen LogP) is 3.94. The summed E-state index contributed by atoms with van der Waals surface area (Å²) in [6.45, 7) is 0.416. The fourth-order valence-corrected chi connectivity index (χ4v) is 4.49. The molecule has 0 bridgehead atoms. The van der Waals surface area contributed by atoms with Crippen molar-refractivity contribution in [2.45, 2.75) is 19.3 Å². The normalized spacial score (nSPS) is 11.6. The lowest BCUT2D eigenvalue weighted by molar-refractivity contribution is -0.123. The molecule has 0 saturated carbocycles. The molecule has 4 rings (SSSR count). The maximum Gasteiger partial charge on any atom is 0.271 e. The van der Waals surface area contributed by atoms with E-state index in [1.165, 1.54) is 11.3 Å². The quantitative estimate of drug-likeness (QED) is 0.254. The summed E-state index contributed by atoms with van der Waals surface area (Å²) in [6, 6.07) is 19.0. The third-order valence-corrected chi connectivity index (χ3v) is 6.43. The van der Waals surface area contributed by atoms with E-state index < -0.39 is 12.0 Å². The van der Waals surface area contributed by atoms with Crippen molar-refractivity contribution in [3.05, 3.63) is 82.9 Å². The van der Waals surface area contributed by atoms with Gasteiger partial charge in [-0.15, -0.1) is 0 Å². The molecule has 37 heavy (non-hydrogen) atoms. The molecule has 0 aliphatic rings. The van der Waals surface area contributed by atoms with Crippen molar-refractivity contribution >= 4 is 32.6 Å². The number of anilines is 1. The third-order valence-electron chi connectivity index (χ3n) is 5.50. The molecule has 1 aromatic heterocycles. The summed E-state index contributed by atoms with van der Waals surface area (Å²) in [5, 5.41) is 31.4. The fourth-order valence-electron chi connectivity index (χ4n) is 3.58. The lowest BCUT2D eigenvalue weighted by Gasteiger charge is -2.19. The average molecular weight is 520 g/mol. The Labute approximate surface area is 217 Å². The lowest BCUT2D eigenvalue weighted by atomic mass is 10.1. The molecule has 9 nitrogen and oxygen atoms in total. The molecule has 190 valence electrons. The fraction of sp³-hybridized carbons (Fsp3) is 0.222. The van der Waals surface area contributed by atoms with E-state index in [2.05, 4.69) is 16.4 Å². The number of carbonyl (C=O) groups is 1. The van der Waals surface area contributed by atoms with Crippen LogP contribution in [0.1, 0.15) is 28.4 Å². The van der Waals surface area contributed by atoms with Crippen LogP contribution in [-0.4, -0.2) is 41.4 Å². The van der Waals surface area contributed by atoms with Crippen molar-refractivity contribution in [1.29, 1.82) is 5.26 Å². The number of thiazole rings is 1. The number of aliphatic hydroxyl groups excluding tert-OH is 2. The van der Waals surface area contributed by atoms with E-state index >= 15 is 0 Å². The van der Waals surface area contributed by atoms with E-state index in [0.717, 1.165) is 4.70 Å². The molecule has 0 aliphatic heterocycles. The Morgan fingerprint density at radius 2 is 1.70 bits per heavy atom. The van der Waals surface area contributed by atoms with Gasteiger partial charge in [-0.05, 0) is 59.7 Å². The molecular formula is C27H25N3O6S. The van der Waals surface area contributed by atoms with Crippen LogP contribution in [0.3, 0.4) is 0 Å². The molecule has 1 amide bonds. The maximum atomic E-state index is 13.4. The summed E-state index contributed by atoms with van der Waals surface area (Å²) in [5.41, 5.74) is 2.85. The molecule has 0 saturated heterocycles. The van der Waals surface area contributed by atoms with Crippen LogP contribution in [0, 0.1) is 11.3 Å². The van der Waals surface area contributed by atoms with Crippen LogP contribution in [0.5, 0.6) is 11.5 Å². The third kappa shape index (κ3) is 6.41. The van der Waals surface area contributed by atoms with Crippen molar-refractivity contribution in [2.24, 2.45) is 0 Å². The second kappa shape index (κ2) is 12.3. The zero-order valence-corrected chi connectivity index (χ0v) is 20.8. The number of carbonyl (C=O) groups excluding carboxylic acids is 1. The molecule has 3 N–H and O–H groups in total. The minimum atomic E-state index is -1.02. The number of rotatable bonds is 11. The van der Waals surface area contributed by atoms with Crippen LogP contribution in [0.2, 0.25) is 0 Å². The van der Waals surface area contributed by atoms with E-state index in [9.17, 15) is 15.0 Å². The number of benzene rings is 3. The molecule has 0 aliphatic carbocycles. The largest absolute Gasteiger partial charge is 0.491 e. The predicted molar refractivity (Wildman–Crippen MR) is 138 cm³/mol. The summed E-state index contributed by atoms with van der Waals surface area (Å²) in [6.07, 6.45) is -1.02. The first-order valence-electron chi connectivity index (χ1n) is 11.4. The number of aromatic nitrogens is 1. The number of hydrogen-bond acceptors (Lipinski definition) is 9. The minimum absolute atomic E-state index is 0.211. The highest BCUT2D eigenvalue weighted by Gasteiger charge is 2.24. The smallest absolute Gasteiger partial charge is 0.271 e. The van der Waals surface area contributed by atoms with Gasteiger partial charge in [0.05, 0.1) is 41.7 Å².